The molecule has 0 spiro atoms. The Bertz CT molecular complexity index is 680. The summed E-state index contributed by atoms with van der Waals surface area (Å²) in [5.41, 5.74) is 1.96. The summed E-state index contributed by atoms with van der Waals surface area (Å²) in [5, 5.41) is 4.74. The van der Waals surface area contributed by atoms with Gasteiger partial charge in [-0.25, -0.2) is 0 Å². The molecule has 0 aliphatic rings. The molecule has 0 saturated heterocycles. The van der Waals surface area contributed by atoms with Crippen molar-refractivity contribution in [3.05, 3.63) is 40.2 Å². The minimum absolute atomic E-state index is 0.0548. The Morgan fingerprint density at radius 3 is 2.48 bits per heavy atom. The number of rotatable bonds is 5. The molecule has 6 heteroatoms. The second-order valence-electron chi connectivity index (χ2n) is 4.64. The third kappa shape index (κ3) is 3.03. The van der Waals surface area contributed by atoms with Gasteiger partial charge in [0, 0.05) is 12.6 Å². The number of ether oxygens (including phenoxy) is 2. The highest BCUT2D eigenvalue weighted by molar-refractivity contribution is 6.32. The highest BCUT2D eigenvalue weighted by Gasteiger charge is 2.17. The van der Waals surface area contributed by atoms with Crippen LogP contribution in [0.25, 0.3) is 0 Å². The normalized spacial score (nSPS) is 10.5. The van der Waals surface area contributed by atoms with Gasteiger partial charge in [0.15, 0.2) is 17.3 Å². The summed E-state index contributed by atoms with van der Waals surface area (Å²) in [6.45, 7) is 1.81. The molecule has 1 heterocycles. The fourth-order valence-corrected chi connectivity index (χ4v) is 2.36. The van der Waals surface area contributed by atoms with E-state index in [0.717, 1.165) is 0 Å². The number of hydrogen-bond donors (Lipinski definition) is 0. The molecule has 2 rings (SSSR count). The minimum atomic E-state index is -0.0548. The summed E-state index contributed by atoms with van der Waals surface area (Å²) in [6, 6.07) is 5.08. The number of nitrogens with zero attached hydrogens (tertiary/aromatic N) is 2. The van der Waals surface area contributed by atoms with Crippen molar-refractivity contribution in [3.8, 4) is 11.5 Å². The standard InChI is InChI=1S/C15H17ClN2O3/c1-9-15(16)11(18(2)17-9)8-12(19)10-5-6-13(20-3)14(7-10)21-4/h5-7H,8H2,1-4H3. The molecule has 0 fully saturated rings. The molecule has 0 amide bonds. The molecule has 0 unspecified atom stereocenters. The first-order valence-electron chi connectivity index (χ1n) is 6.41. The second-order valence-corrected chi connectivity index (χ2v) is 5.02. The molecule has 0 radical (unpaired) electrons. The lowest BCUT2D eigenvalue weighted by molar-refractivity contribution is 0.0990. The van der Waals surface area contributed by atoms with Crippen LogP contribution in [0.1, 0.15) is 21.7 Å². The number of aromatic nitrogens is 2. The average molecular weight is 309 g/mol. The van der Waals surface area contributed by atoms with Crippen molar-refractivity contribution in [1.29, 1.82) is 0 Å². The van der Waals surface area contributed by atoms with Crippen LogP contribution in [0.4, 0.5) is 0 Å². The topological polar surface area (TPSA) is 53.3 Å². The van der Waals surface area contributed by atoms with E-state index in [9.17, 15) is 4.79 Å². The van der Waals surface area contributed by atoms with Crippen molar-refractivity contribution in [1.82, 2.24) is 9.78 Å². The lowest BCUT2D eigenvalue weighted by atomic mass is 10.1. The molecule has 1 aromatic carbocycles. The first kappa shape index (κ1) is 15.4. The first-order valence-corrected chi connectivity index (χ1v) is 6.79. The maximum absolute atomic E-state index is 12.4. The Hall–Kier alpha value is -2.01. The highest BCUT2D eigenvalue weighted by atomic mass is 35.5. The number of carbonyl (C=O) groups excluding carboxylic acids is 1. The van der Waals surface area contributed by atoms with Gasteiger partial charge < -0.3 is 9.47 Å². The predicted octanol–water partition coefficient (Wildman–Crippen LogP) is 2.82. The smallest absolute Gasteiger partial charge is 0.168 e. The number of halogens is 1. The van der Waals surface area contributed by atoms with Crippen LogP contribution in [-0.4, -0.2) is 29.8 Å². The van der Waals surface area contributed by atoms with E-state index in [4.69, 9.17) is 21.1 Å². The molecule has 0 aliphatic carbocycles. The second kappa shape index (κ2) is 6.18. The van der Waals surface area contributed by atoms with Gasteiger partial charge in [-0.2, -0.15) is 5.10 Å². The molecular weight excluding hydrogens is 292 g/mol. The van der Waals surface area contributed by atoms with Gasteiger partial charge in [-0.05, 0) is 25.1 Å². The van der Waals surface area contributed by atoms with Gasteiger partial charge >= 0.3 is 0 Å². The number of Topliss-reactive ketones (excluding diaryl/α,β-unsaturated/α-hetero) is 1. The molecule has 2 aromatic rings. The zero-order chi connectivity index (χ0) is 15.6. The summed E-state index contributed by atoms with van der Waals surface area (Å²) in [5.74, 6) is 1.06. The fourth-order valence-electron chi connectivity index (χ4n) is 2.14. The van der Waals surface area contributed by atoms with Gasteiger partial charge in [0.25, 0.3) is 0 Å². The van der Waals surface area contributed by atoms with Gasteiger partial charge in [-0.15, -0.1) is 0 Å². The van der Waals surface area contributed by atoms with Crippen molar-refractivity contribution in [2.24, 2.45) is 7.05 Å². The molecule has 5 nitrogen and oxygen atoms in total. The average Bonchev–Trinajstić information content (AvgIpc) is 2.72. The number of methoxy groups -OCH3 is 2. The fraction of sp³-hybridized carbons (Fsp3) is 0.333. The highest BCUT2D eigenvalue weighted by Crippen LogP contribution is 2.28. The summed E-state index contributed by atoms with van der Waals surface area (Å²) in [4.78, 5) is 12.4. The van der Waals surface area contributed by atoms with Gasteiger partial charge in [0.2, 0.25) is 0 Å². The third-order valence-electron chi connectivity index (χ3n) is 3.30. The lowest BCUT2D eigenvalue weighted by Crippen LogP contribution is -2.08. The molecule has 1 aromatic heterocycles. The number of ketones is 1. The van der Waals surface area contributed by atoms with E-state index < -0.39 is 0 Å². The van der Waals surface area contributed by atoms with Crippen molar-refractivity contribution < 1.29 is 14.3 Å². The third-order valence-corrected chi connectivity index (χ3v) is 3.79. The summed E-state index contributed by atoms with van der Waals surface area (Å²) in [6.07, 6.45) is 0.186. The van der Waals surface area contributed by atoms with Crippen molar-refractivity contribution in [2.75, 3.05) is 14.2 Å². The van der Waals surface area contributed by atoms with Crippen molar-refractivity contribution in [2.45, 2.75) is 13.3 Å². The minimum Gasteiger partial charge on any atom is -0.493 e. The maximum Gasteiger partial charge on any atom is 0.168 e. The number of carbonyl (C=O) groups is 1. The van der Waals surface area contributed by atoms with E-state index in [2.05, 4.69) is 5.10 Å². The maximum atomic E-state index is 12.4. The van der Waals surface area contributed by atoms with Crippen LogP contribution in [0.2, 0.25) is 5.02 Å². The number of aryl methyl sites for hydroxylation is 2. The van der Waals surface area contributed by atoms with Gasteiger partial charge in [-0.1, -0.05) is 11.6 Å². The van der Waals surface area contributed by atoms with E-state index in [1.54, 1.807) is 37.0 Å². The summed E-state index contributed by atoms with van der Waals surface area (Å²) < 4.78 is 12.0. The van der Waals surface area contributed by atoms with E-state index in [-0.39, 0.29) is 12.2 Å². The Labute approximate surface area is 128 Å². The van der Waals surface area contributed by atoms with Crippen molar-refractivity contribution in [3.63, 3.8) is 0 Å². The number of hydrogen-bond acceptors (Lipinski definition) is 4. The van der Waals surface area contributed by atoms with Crippen molar-refractivity contribution >= 4 is 17.4 Å². The first-order chi connectivity index (χ1) is 9.97. The molecule has 0 bridgehead atoms. The van der Waals surface area contributed by atoms with E-state index >= 15 is 0 Å². The van der Waals surface area contributed by atoms with E-state index in [0.29, 0.717) is 33.5 Å². The number of benzene rings is 1. The van der Waals surface area contributed by atoms with Crippen LogP contribution in [0.5, 0.6) is 11.5 Å². The molecule has 0 aliphatic heterocycles. The quantitative estimate of drug-likeness (QED) is 0.797. The van der Waals surface area contributed by atoms with E-state index in [1.807, 2.05) is 6.92 Å². The van der Waals surface area contributed by atoms with Gasteiger partial charge in [0.1, 0.15) is 0 Å². The molecule has 112 valence electrons. The van der Waals surface area contributed by atoms with Crippen LogP contribution >= 0.6 is 11.6 Å². The molecule has 21 heavy (non-hydrogen) atoms. The van der Waals surface area contributed by atoms with Crippen LogP contribution in [0.3, 0.4) is 0 Å². The Morgan fingerprint density at radius 2 is 1.95 bits per heavy atom. The summed E-state index contributed by atoms with van der Waals surface area (Å²) >= 11 is 6.17. The molecule has 0 N–H and O–H groups in total. The summed E-state index contributed by atoms with van der Waals surface area (Å²) in [7, 11) is 4.86. The Balaban J connectivity index is 2.28. The monoisotopic (exact) mass is 308 g/mol. The SMILES string of the molecule is COc1ccc(C(=O)Cc2c(Cl)c(C)nn2C)cc1OC. The van der Waals surface area contributed by atoms with Crippen LogP contribution in [0.15, 0.2) is 18.2 Å². The van der Waals surface area contributed by atoms with Gasteiger partial charge in [-0.3, -0.25) is 9.48 Å². The Kier molecular flexibility index (Phi) is 4.53. The zero-order valence-corrected chi connectivity index (χ0v) is 13.2. The molecule has 0 atom stereocenters. The lowest BCUT2D eigenvalue weighted by Gasteiger charge is -2.09. The zero-order valence-electron chi connectivity index (χ0n) is 12.4. The van der Waals surface area contributed by atoms with Crippen LogP contribution in [-0.2, 0) is 13.5 Å². The van der Waals surface area contributed by atoms with Gasteiger partial charge in [0.05, 0.1) is 37.1 Å². The van der Waals surface area contributed by atoms with Crippen LogP contribution in [0, 0.1) is 6.92 Å². The predicted molar refractivity (Wildman–Crippen MR) is 80.5 cm³/mol. The molecular formula is C15H17ClN2O3. The largest absolute Gasteiger partial charge is 0.493 e. The Morgan fingerprint density at radius 1 is 1.29 bits per heavy atom. The molecule has 0 saturated carbocycles. The van der Waals surface area contributed by atoms with Crippen LogP contribution < -0.4 is 9.47 Å². The van der Waals surface area contributed by atoms with E-state index in [1.165, 1.54) is 7.11 Å².